The van der Waals surface area contributed by atoms with Gasteiger partial charge in [0.05, 0.1) is 0 Å². The van der Waals surface area contributed by atoms with Crippen LogP contribution in [-0.4, -0.2) is 6.17 Å². The molecule has 5 rings (SSSR count). The summed E-state index contributed by atoms with van der Waals surface area (Å²) in [6.45, 7) is 36.3. The first kappa shape index (κ1) is 31.5. The van der Waals surface area contributed by atoms with Crippen LogP contribution in [0.15, 0.2) is 112 Å². The first-order chi connectivity index (χ1) is 20.0. The van der Waals surface area contributed by atoms with Crippen molar-refractivity contribution < 1.29 is 4.39 Å². The highest BCUT2D eigenvalue weighted by molar-refractivity contribution is 5.69. The first-order valence-electron chi connectivity index (χ1n) is 16.4. The van der Waals surface area contributed by atoms with Gasteiger partial charge in [0.2, 0.25) is 0 Å². The number of aryl methyl sites for hydroxylation is 1. The fraction of sp³-hybridized carbons (Fsp3) is 0.476. The van der Waals surface area contributed by atoms with Crippen molar-refractivity contribution in [2.45, 2.75) is 101 Å². The molecule has 1 fully saturated rings. The Morgan fingerprint density at radius 1 is 0.977 bits per heavy atom. The van der Waals surface area contributed by atoms with Gasteiger partial charge in [-0.25, -0.2) is 4.39 Å². The Kier molecular flexibility index (Phi) is 7.56. The van der Waals surface area contributed by atoms with Gasteiger partial charge in [-0.1, -0.05) is 122 Å². The molecule has 1 saturated carbocycles. The summed E-state index contributed by atoms with van der Waals surface area (Å²) in [5.41, 5.74) is 12.3. The van der Waals surface area contributed by atoms with E-state index in [2.05, 4.69) is 118 Å². The standard InChI is InChI=1S/C42H53F/c1-14-25(3)35-26(4)24-40(11)38(43)41(12)31(9)39(10)23-22-34(21-20-33-18-16-32(15-2)17-19-33)27(5)36(39)28(6)37(41)30(8)42(40,13)29(35)7/h16-22,31,38H,3,6-7,14-15,23-24H2,1-2,4-5,8-13H3/b21-20+. The lowest BCUT2D eigenvalue weighted by molar-refractivity contribution is -0.0930. The molecule has 1 aromatic carbocycles. The second-order valence-electron chi connectivity index (χ2n) is 14.9. The number of benzene rings is 1. The smallest absolute Gasteiger partial charge is 0.117 e. The van der Waals surface area contributed by atoms with Crippen molar-refractivity contribution in [3.63, 3.8) is 0 Å². The second kappa shape index (κ2) is 10.3. The molecule has 6 atom stereocenters. The molecular weight excluding hydrogens is 523 g/mol. The minimum absolute atomic E-state index is 0.0877. The van der Waals surface area contributed by atoms with Crippen molar-refractivity contribution in [2.75, 3.05) is 0 Å². The first-order valence-corrected chi connectivity index (χ1v) is 16.4. The summed E-state index contributed by atoms with van der Waals surface area (Å²) in [4.78, 5) is 0. The molecule has 0 heterocycles. The van der Waals surface area contributed by atoms with Crippen LogP contribution < -0.4 is 0 Å². The fourth-order valence-electron chi connectivity index (χ4n) is 9.93. The Bertz CT molecular complexity index is 1580. The molecule has 0 spiro atoms. The van der Waals surface area contributed by atoms with E-state index in [-0.39, 0.29) is 11.3 Å². The monoisotopic (exact) mass is 576 g/mol. The van der Waals surface area contributed by atoms with Gasteiger partial charge in [-0.2, -0.15) is 0 Å². The maximum atomic E-state index is 17.9. The van der Waals surface area contributed by atoms with E-state index in [1.54, 1.807) is 0 Å². The number of hydrogen-bond acceptors (Lipinski definition) is 0. The molecular formula is C42H53F. The van der Waals surface area contributed by atoms with E-state index in [0.717, 1.165) is 41.6 Å². The quantitative estimate of drug-likeness (QED) is 0.327. The maximum absolute atomic E-state index is 17.9. The Morgan fingerprint density at radius 3 is 2.19 bits per heavy atom. The van der Waals surface area contributed by atoms with E-state index >= 15 is 4.39 Å². The van der Waals surface area contributed by atoms with Crippen LogP contribution in [0.3, 0.4) is 0 Å². The molecule has 1 aromatic rings. The van der Waals surface area contributed by atoms with Crippen LogP contribution in [0.4, 0.5) is 4.39 Å². The molecule has 228 valence electrons. The highest BCUT2D eigenvalue weighted by atomic mass is 19.1. The molecule has 0 amide bonds. The summed E-state index contributed by atoms with van der Waals surface area (Å²) in [6, 6.07) is 8.81. The third-order valence-electron chi connectivity index (χ3n) is 13.1. The van der Waals surface area contributed by atoms with Crippen molar-refractivity contribution >= 4 is 6.08 Å². The normalized spacial score (nSPS) is 36.1. The number of alkyl halides is 1. The molecule has 6 unspecified atom stereocenters. The predicted octanol–water partition coefficient (Wildman–Crippen LogP) is 12.1. The van der Waals surface area contributed by atoms with Gasteiger partial charge < -0.3 is 0 Å². The molecule has 0 N–H and O–H groups in total. The summed E-state index contributed by atoms with van der Waals surface area (Å²) >= 11 is 0. The van der Waals surface area contributed by atoms with Crippen molar-refractivity contribution in [2.24, 2.45) is 27.6 Å². The molecule has 0 saturated heterocycles. The van der Waals surface area contributed by atoms with Gasteiger partial charge in [0, 0.05) is 21.7 Å². The van der Waals surface area contributed by atoms with E-state index in [1.807, 2.05) is 0 Å². The Balaban J connectivity index is 1.68. The summed E-state index contributed by atoms with van der Waals surface area (Å²) in [5.74, 6) is 0.0877. The molecule has 1 heteroatoms. The third-order valence-corrected chi connectivity index (χ3v) is 13.1. The lowest BCUT2D eigenvalue weighted by atomic mass is 9.36. The average molecular weight is 577 g/mol. The van der Waals surface area contributed by atoms with Crippen LogP contribution in [-0.2, 0) is 6.42 Å². The molecule has 0 aromatic heterocycles. The number of hydrogen-bond donors (Lipinski definition) is 0. The summed E-state index contributed by atoms with van der Waals surface area (Å²) in [7, 11) is 0. The van der Waals surface area contributed by atoms with Crippen LogP contribution >= 0.6 is 0 Å². The summed E-state index contributed by atoms with van der Waals surface area (Å²) in [6.07, 6.45) is 9.31. The average Bonchev–Trinajstić information content (AvgIpc) is 2.97. The van der Waals surface area contributed by atoms with Crippen molar-refractivity contribution in [1.82, 2.24) is 0 Å². The summed E-state index contributed by atoms with van der Waals surface area (Å²) < 4.78 is 17.9. The Labute approximate surface area is 261 Å². The summed E-state index contributed by atoms with van der Waals surface area (Å²) in [5, 5.41) is 0. The molecule has 4 aliphatic rings. The molecule has 0 aliphatic heterocycles. The molecule has 4 aliphatic carbocycles. The minimum Gasteiger partial charge on any atom is -0.246 e. The lowest BCUT2D eigenvalue weighted by Gasteiger charge is -2.67. The van der Waals surface area contributed by atoms with Gasteiger partial charge in [-0.3, -0.25) is 0 Å². The van der Waals surface area contributed by atoms with Crippen LogP contribution in [0.25, 0.3) is 6.08 Å². The zero-order valence-electron chi connectivity index (χ0n) is 28.5. The maximum Gasteiger partial charge on any atom is 0.117 e. The number of halogens is 1. The number of rotatable bonds is 5. The largest absolute Gasteiger partial charge is 0.246 e. The highest BCUT2D eigenvalue weighted by Gasteiger charge is 2.69. The van der Waals surface area contributed by atoms with Crippen LogP contribution in [0.1, 0.15) is 99.6 Å². The van der Waals surface area contributed by atoms with Crippen molar-refractivity contribution in [3.05, 3.63) is 123 Å². The van der Waals surface area contributed by atoms with Crippen molar-refractivity contribution in [3.8, 4) is 0 Å². The minimum atomic E-state index is -1.05. The Hall–Kier alpha value is -2.93. The van der Waals surface area contributed by atoms with Gasteiger partial charge in [0.15, 0.2) is 0 Å². The highest BCUT2D eigenvalue weighted by Crippen LogP contribution is 2.75. The molecule has 43 heavy (non-hydrogen) atoms. The zero-order valence-corrected chi connectivity index (χ0v) is 28.5. The van der Waals surface area contributed by atoms with Gasteiger partial charge in [0.25, 0.3) is 0 Å². The van der Waals surface area contributed by atoms with E-state index in [0.29, 0.717) is 6.42 Å². The molecule has 0 nitrogen and oxygen atoms in total. The van der Waals surface area contributed by atoms with E-state index in [4.69, 9.17) is 13.2 Å². The third kappa shape index (κ3) is 3.99. The van der Waals surface area contributed by atoms with E-state index in [1.165, 1.54) is 44.6 Å². The van der Waals surface area contributed by atoms with Gasteiger partial charge in [0.1, 0.15) is 6.17 Å². The second-order valence-corrected chi connectivity index (χ2v) is 14.9. The van der Waals surface area contributed by atoms with Crippen LogP contribution in [0, 0.1) is 27.6 Å². The molecule has 0 bridgehead atoms. The van der Waals surface area contributed by atoms with Gasteiger partial charge >= 0.3 is 0 Å². The van der Waals surface area contributed by atoms with Crippen LogP contribution in [0.2, 0.25) is 0 Å². The SMILES string of the molecule is C=C(CC)C1=C(C)CC2(C)C(F)C3(C)C(=C(C)C2(C)C1=C)C(=C)C1=C(C)C(/C=C/c2ccc(CC)cc2)=CCC1(C)C3C. The van der Waals surface area contributed by atoms with Crippen LogP contribution in [0.5, 0.6) is 0 Å². The number of fused-ring (bicyclic) bond motifs is 3. The topological polar surface area (TPSA) is 0 Å². The fourth-order valence-corrected chi connectivity index (χ4v) is 9.93. The van der Waals surface area contributed by atoms with Crippen molar-refractivity contribution in [1.29, 1.82) is 0 Å². The number of allylic oxidation sites excluding steroid dienone is 12. The predicted molar refractivity (Wildman–Crippen MR) is 184 cm³/mol. The zero-order chi connectivity index (χ0) is 31.9. The Morgan fingerprint density at radius 2 is 1.60 bits per heavy atom. The van der Waals surface area contributed by atoms with E-state index < -0.39 is 22.4 Å². The molecule has 0 radical (unpaired) electrons. The lowest BCUT2D eigenvalue weighted by Crippen LogP contribution is -2.64. The van der Waals surface area contributed by atoms with Gasteiger partial charge in [-0.15, -0.1) is 0 Å². The van der Waals surface area contributed by atoms with E-state index in [9.17, 15) is 0 Å². The van der Waals surface area contributed by atoms with Gasteiger partial charge in [-0.05, 0) is 108 Å².